The Morgan fingerprint density at radius 3 is 2.67 bits per heavy atom. The fourth-order valence-electron chi connectivity index (χ4n) is 2.94. The van der Waals surface area contributed by atoms with E-state index in [1.165, 1.54) is 5.56 Å². The van der Waals surface area contributed by atoms with E-state index in [9.17, 15) is 0 Å². The van der Waals surface area contributed by atoms with E-state index in [4.69, 9.17) is 14.2 Å². The summed E-state index contributed by atoms with van der Waals surface area (Å²) in [6.45, 7) is 7.48. The molecule has 0 saturated carbocycles. The van der Waals surface area contributed by atoms with Crippen molar-refractivity contribution in [2.24, 2.45) is 0 Å². The Morgan fingerprint density at radius 1 is 1.07 bits per heavy atom. The number of aromatic nitrogens is 4. The summed E-state index contributed by atoms with van der Waals surface area (Å²) in [6.07, 6.45) is 0.988. The van der Waals surface area contributed by atoms with Crippen molar-refractivity contribution in [2.45, 2.75) is 33.4 Å². The fraction of sp³-hybridized carbons (Fsp3) is 0.409. The monoisotopic (exact) mass is 411 g/mol. The van der Waals surface area contributed by atoms with Crippen LogP contribution in [0.1, 0.15) is 30.3 Å². The molecule has 0 unspecified atom stereocenters. The van der Waals surface area contributed by atoms with Crippen LogP contribution in [0.25, 0.3) is 5.69 Å². The Morgan fingerprint density at radius 2 is 1.90 bits per heavy atom. The van der Waals surface area contributed by atoms with E-state index in [0.717, 1.165) is 44.0 Å². The summed E-state index contributed by atoms with van der Waals surface area (Å²) in [4.78, 5) is 0. The third-order valence-corrected chi connectivity index (χ3v) is 4.57. The number of methoxy groups -OCH3 is 1. The van der Waals surface area contributed by atoms with E-state index in [0.29, 0.717) is 17.3 Å². The van der Waals surface area contributed by atoms with Crippen LogP contribution in [0, 0.1) is 6.92 Å². The van der Waals surface area contributed by atoms with Crippen LogP contribution in [0.15, 0.2) is 42.5 Å². The highest BCUT2D eigenvalue weighted by Gasteiger charge is 2.12. The maximum atomic E-state index is 5.96. The molecule has 8 nitrogen and oxygen atoms in total. The average molecular weight is 412 g/mol. The normalized spacial score (nSPS) is 10.9. The van der Waals surface area contributed by atoms with Gasteiger partial charge in [-0.05, 0) is 67.1 Å². The van der Waals surface area contributed by atoms with E-state index >= 15 is 0 Å². The molecule has 1 N–H and O–H groups in total. The molecule has 0 saturated heterocycles. The minimum atomic E-state index is 0.228. The van der Waals surface area contributed by atoms with E-state index in [1.54, 1.807) is 11.8 Å². The molecule has 8 heteroatoms. The number of ether oxygens (including phenoxy) is 3. The number of benzene rings is 2. The predicted molar refractivity (Wildman–Crippen MR) is 114 cm³/mol. The highest BCUT2D eigenvalue weighted by atomic mass is 16.5. The van der Waals surface area contributed by atoms with Gasteiger partial charge in [-0.1, -0.05) is 23.8 Å². The summed E-state index contributed by atoms with van der Waals surface area (Å²) in [5.74, 6) is 1.94. The molecule has 0 aliphatic carbocycles. The zero-order valence-electron chi connectivity index (χ0n) is 17.8. The van der Waals surface area contributed by atoms with Crippen molar-refractivity contribution in [1.29, 1.82) is 0 Å². The van der Waals surface area contributed by atoms with Crippen LogP contribution in [0.2, 0.25) is 0 Å². The molecule has 3 aromatic rings. The molecule has 0 fully saturated rings. The topological polar surface area (TPSA) is 83.3 Å². The van der Waals surface area contributed by atoms with Gasteiger partial charge in [0.15, 0.2) is 23.9 Å². The second-order valence-corrected chi connectivity index (χ2v) is 6.84. The Labute approximate surface area is 177 Å². The van der Waals surface area contributed by atoms with Gasteiger partial charge in [0.1, 0.15) is 0 Å². The van der Waals surface area contributed by atoms with Crippen LogP contribution in [0.3, 0.4) is 0 Å². The van der Waals surface area contributed by atoms with Gasteiger partial charge in [0.05, 0.1) is 12.8 Å². The van der Waals surface area contributed by atoms with Crippen LogP contribution >= 0.6 is 0 Å². The maximum Gasteiger partial charge on any atom is 0.194 e. The molecular weight excluding hydrogens is 382 g/mol. The van der Waals surface area contributed by atoms with Crippen molar-refractivity contribution < 1.29 is 14.2 Å². The van der Waals surface area contributed by atoms with Crippen molar-refractivity contribution in [2.75, 3.05) is 26.9 Å². The zero-order chi connectivity index (χ0) is 21.2. The van der Waals surface area contributed by atoms with Crippen LogP contribution in [-0.4, -0.2) is 47.1 Å². The molecule has 1 heterocycles. The van der Waals surface area contributed by atoms with Crippen LogP contribution < -0.4 is 14.8 Å². The predicted octanol–water partition coefficient (Wildman–Crippen LogP) is 3.07. The largest absolute Gasteiger partial charge is 0.493 e. The number of hydrogen-bond donors (Lipinski definition) is 1. The Bertz CT molecular complexity index is 911. The van der Waals surface area contributed by atoms with E-state index in [-0.39, 0.29) is 6.61 Å². The molecule has 30 heavy (non-hydrogen) atoms. The molecule has 0 amide bonds. The molecule has 0 aliphatic heterocycles. The average Bonchev–Trinajstić information content (AvgIpc) is 3.24. The SMILES string of the molecule is CCOCCCNCc1ccc(OCc2nnnn2-c2ccc(C)cc2)c(OC)c1. The summed E-state index contributed by atoms with van der Waals surface area (Å²) in [6, 6.07) is 13.9. The number of nitrogens with one attached hydrogen (secondary N) is 1. The quantitative estimate of drug-likeness (QED) is 0.459. The lowest BCUT2D eigenvalue weighted by molar-refractivity contribution is 0.144. The first-order valence-corrected chi connectivity index (χ1v) is 10.1. The van der Waals surface area contributed by atoms with Gasteiger partial charge in [0, 0.05) is 19.8 Å². The van der Waals surface area contributed by atoms with Gasteiger partial charge >= 0.3 is 0 Å². The molecular formula is C22H29N5O3. The Balaban J connectivity index is 1.58. The highest BCUT2D eigenvalue weighted by Crippen LogP contribution is 2.28. The first-order valence-electron chi connectivity index (χ1n) is 10.1. The standard InChI is InChI=1S/C22H29N5O3/c1-4-29-13-5-12-23-15-18-8-11-20(21(14-18)28-3)30-16-22-24-25-26-27(22)19-9-6-17(2)7-10-19/h6-11,14,23H,4-5,12-13,15-16H2,1-3H3. The molecule has 160 valence electrons. The Kier molecular flexibility index (Phi) is 8.17. The maximum absolute atomic E-state index is 5.96. The van der Waals surface area contributed by atoms with Gasteiger partial charge in [0.2, 0.25) is 0 Å². The van der Waals surface area contributed by atoms with Crippen LogP contribution in [0.5, 0.6) is 11.5 Å². The van der Waals surface area contributed by atoms with Crippen molar-refractivity contribution in [3.63, 3.8) is 0 Å². The summed E-state index contributed by atoms with van der Waals surface area (Å²) < 4.78 is 18.5. The van der Waals surface area contributed by atoms with Gasteiger partial charge in [-0.2, -0.15) is 4.68 Å². The number of nitrogens with zero attached hydrogens (tertiary/aromatic N) is 4. The number of aryl methyl sites for hydroxylation is 1. The lowest BCUT2D eigenvalue weighted by atomic mass is 10.2. The molecule has 0 spiro atoms. The molecule has 0 bridgehead atoms. The van der Waals surface area contributed by atoms with Gasteiger partial charge in [-0.3, -0.25) is 0 Å². The van der Waals surface area contributed by atoms with Crippen LogP contribution in [-0.2, 0) is 17.9 Å². The molecule has 0 aliphatic rings. The van der Waals surface area contributed by atoms with Crippen molar-refractivity contribution >= 4 is 0 Å². The number of tetrazole rings is 1. The van der Waals surface area contributed by atoms with E-state index in [2.05, 4.69) is 20.8 Å². The highest BCUT2D eigenvalue weighted by molar-refractivity contribution is 5.43. The first-order chi connectivity index (χ1) is 14.7. The molecule has 0 radical (unpaired) electrons. The van der Waals surface area contributed by atoms with Gasteiger partial charge in [0.25, 0.3) is 0 Å². The van der Waals surface area contributed by atoms with E-state index in [1.807, 2.05) is 56.3 Å². The summed E-state index contributed by atoms with van der Waals surface area (Å²) in [5.41, 5.74) is 3.19. The Hall–Kier alpha value is -2.97. The lowest BCUT2D eigenvalue weighted by Crippen LogP contribution is -2.16. The summed E-state index contributed by atoms with van der Waals surface area (Å²) in [5, 5.41) is 15.4. The van der Waals surface area contributed by atoms with Gasteiger partial charge < -0.3 is 19.5 Å². The van der Waals surface area contributed by atoms with Gasteiger partial charge in [-0.25, -0.2) is 0 Å². The third kappa shape index (κ3) is 6.01. The molecule has 0 atom stereocenters. The van der Waals surface area contributed by atoms with Crippen molar-refractivity contribution in [1.82, 2.24) is 25.5 Å². The third-order valence-electron chi connectivity index (χ3n) is 4.57. The zero-order valence-corrected chi connectivity index (χ0v) is 17.8. The number of rotatable bonds is 12. The smallest absolute Gasteiger partial charge is 0.194 e. The van der Waals surface area contributed by atoms with E-state index < -0.39 is 0 Å². The van der Waals surface area contributed by atoms with Crippen molar-refractivity contribution in [3.05, 3.63) is 59.4 Å². The van der Waals surface area contributed by atoms with Crippen LogP contribution in [0.4, 0.5) is 0 Å². The lowest BCUT2D eigenvalue weighted by Gasteiger charge is -2.13. The first kappa shape index (κ1) is 21.7. The molecule has 2 aromatic carbocycles. The number of hydrogen-bond acceptors (Lipinski definition) is 7. The minimum Gasteiger partial charge on any atom is -0.493 e. The van der Waals surface area contributed by atoms with Gasteiger partial charge in [-0.15, -0.1) is 5.10 Å². The summed E-state index contributed by atoms with van der Waals surface area (Å²) >= 11 is 0. The molecule has 1 aromatic heterocycles. The second-order valence-electron chi connectivity index (χ2n) is 6.84. The summed E-state index contributed by atoms with van der Waals surface area (Å²) in [7, 11) is 1.64. The second kappa shape index (κ2) is 11.3. The fourth-order valence-corrected chi connectivity index (χ4v) is 2.94. The minimum absolute atomic E-state index is 0.228. The van der Waals surface area contributed by atoms with Crippen molar-refractivity contribution in [3.8, 4) is 17.2 Å². The molecule has 3 rings (SSSR count).